The molecule has 4 nitrogen and oxygen atoms in total. The summed E-state index contributed by atoms with van der Waals surface area (Å²) in [5.41, 5.74) is 10.2. The number of carbonyl (C=O) groups excluding carboxylic acids is 1. The smallest absolute Gasteiger partial charge is 0.312 e. The first-order valence-corrected chi connectivity index (χ1v) is 5.81. The molecule has 0 saturated heterocycles. The SMILES string of the molecule is Cc1cc(C)c(CNCCNC(N)=O)c(C)c1. The molecular formula is C13H21N3O. The number of rotatable bonds is 5. The lowest BCUT2D eigenvalue weighted by molar-refractivity contribution is 0.249. The minimum Gasteiger partial charge on any atom is -0.352 e. The zero-order valence-electron chi connectivity index (χ0n) is 10.8. The van der Waals surface area contributed by atoms with Crippen molar-refractivity contribution in [1.82, 2.24) is 10.6 Å². The van der Waals surface area contributed by atoms with Gasteiger partial charge in [-0.3, -0.25) is 0 Å². The Balaban J connectivity index is 2.44. The molecule has 1 aromatic carbocycles. The summed E-state index contributed by atoms with van der Waals surface area (Å²) in [5, 5.41) is 5.83. The van der Waals surface area contributed by atoms with Gasteiger partial charge < -0.3 is 16.4 Å². The van der Waals surface area contributed by atoms with Crippen molar-refractivity contribution in [3.05, 3.63) is 34.4 Å². The molecule has 1 aromatic rings. The Morgan fingerprint density at radius 3 is 2.29 bits per heavy atom. The molecule has 17 heavy (non-hydrogen) atoms. The fourth-order valence-corrected chi connectivity index (χ4v) is 1.98. The third-order valence-electron chi connectivity index (χ3n) is 2.74. The molecule has 0 aromatic heterocycles. The van der Waals surface area contributed by atoms with Gasteiger partial charge in [-0.2, -0.15) is 0 Å². The Bertz CT molecular complexity index is 379. The highest BCUT2D eigenvalue weighted by molar-refractivity contribution is 5.71. The van der Waals surface area contributed by atoms with Gasteiger partial charge in [-0.25, -0.2) is 4.79 Å². The summed E-state index contributed by atoms with van der Waals surface area (Å²) in [6, 6.07) is 3.90. The maximum atomic E-state index is 10.5. The summed E-state index contributed by atoms with van der Waals surface area (Å²) in [5.74, 6) is 0. The standard InChI is InChI=1S/C13H21N3O/c1-9-6-10(2)12(11(3)7-9)8-15-4-5-16-13(14)17/h6-7,15H,4-5,8H2,1-3H3,(H3,14,16,17). The van der Waals surface area contributed by atoms with E-state index >= 15 is 0 Å². The summed E-state index contributed by atoms with van der Waals surface area (Å²) < 4.78 is 0. The van der Waals surface area contributed by atoms with Crippen LogP contribution in [0.3, 0.4) is 0 Å². The molecule has 0 bridgehead atoms. The van der Waals surface area contributed by atoms with Gasteiger partial charge in [0.1, 0.15) is 0 Å². The number of amides is 2. The van der Waals surface area contributed by atoms with Crippen LogP contribution in [0, 0.1) is 20.8 Å². The minimum atomic E-state index is -0.477. The van der Waals surface area contributed by atoms with Crippen molar-refractivity contribution in [2.45, 2.75) is 27.3 Å². The quantitative estimate of drug-likeness (QED) is 0.675. The maximum absolute atomic E-state index is 10.5. The second kappa shape index (κ2) is 6.25. The molecular weight excluding hydrogens is 214 g/mol. The number of aryl methyl sites for hydroxylation is 3. The van der Waals surface area contributed by atoms with Crippen LogP contribution in [0.2, 0.25) is 0 Å². The average molecular weight is 235 g/mol. The summed E-state index contributed by atoms with van der Waals surface area (Å²) in [6.45, 7) is 8.44. The lowest BCUT2D eigenvalue weighted by Crippen LogP contribution is -2.35. The number of hydrogen-bond acceptors (Lipinski definition) is 2. The maximum Gasteiger partial charge on any atom is 0.312 e. The second-order valence-electron chi connectivity index (χ2n) is 4.35. The van der Waals surface area contributed by atoms with E-state index in [2.05, 4.69) is 43.5 Å². The molecule has 0 unspecified atom stereocenters. The molecule has 0 radical (unpaired) electrons. The molecule has 0 aliphatic carbocycles. The van der Waals surface area contributed by atoms with Crippen molar-refractivity contribution < 1.29 is 4.79 Å². The van der Waals surface area contributed by atoms with Crippen LogP contribution < -0.4 is 16.4 Å². The Morgan fingerprint density at radius 2 is 1.76 bits per heavy atom. The van der Waals surface area contributed by atoms with Crippen LogP contribution in [0.25, 0.3) is 0 Å². The molecule has 0 saturated carbocycles. The molecule has 4 heteroatoms. The van der Waals surface area contributed by atoms with Crippen LogP contribution in [0.4, 0.5) is 4.79 Å². The van der Waals surface area contributed by atoms with E-state index in [-0.39, 0.29) is 0 Å². The van der Waals surface area contributed by atoms with Gasteiger partial charge in [-0.1, -0.05) is 17.7 Å². The molecule has 0 heterocycles. The summed E-state index contributed by atoms with van der Waals surface area (Å²) in [4.78, 5) is 10.5. The van der Waals surface area contributed by atoms with Crippen molar-refractivity contribution in [3.63, 3.8) is 0 Å². The van der Waals surface area contributed by atoms with Crippen molar-refractivity contribution in [1.29, 1.82) is 0 Å². The van der Waals surface area contributed by atoms with E-state index in [1.807, 2.05) is 0 Å². The number of nitrogens with two attached hydrogens (primary N) is 1. The van der Waals surface area contributed by atoms with Crippen LogP contribution >= 0.6 is 0 Å². The van der Waals surface area contributed by atoms with Gasteiger partial charge >= 0.3 is 6.03 Å². The van der Waals surface area contributed by atoms with Gasteiger partial charge in [0.2, 0.25) is 0 Å². The fourth-order valence-electron chi connectivity index (χ4n) is 1.98. The van der Waals surface area contributed by atoms with Gasteiger partial charge in [0, 0.05) is 19.6 Å². The molecule has 0 aliphatic rings. The fraction of sp³-hybridized carbons (Fsp3) is 0.462. The minimum absolute atomic E-state index is 0.477. The van der Waals surface area contributed by atoms with Crippen LogP contribution in [0.5, 0.6) is 0 Å². The topological polar surface area (TPSA) is 67.2 Å². The summed E-state index contributed by atoms with van der Waals surface area (Å²) in [6.07, 6.45) is 0. The van der Waals surface area contributed by atoms with E-state index in [1.54, 1.807) is 0 Å². The van der Waals surface area contributed by atoms with Crippen LogP contribution in [-0.4, -0.2) is 19.1 Å². The molecule has 0 spiro atoms. The van der Waals surface area contributed by atoms with Gasteiger partial charge in [-0.05, 0) is 37.5 Å². The van der Waals surface area contributed by atoms with Gasteiger partial charge in [-0.15, -0.1) is 0 Å². The van der Waals surface area contributed by atoms with Crippen molar-refractivity contribution >= 4 is 6.03 Å². The summed E-state index contributed by atoms with van der Waals surface area (Å²) in [7, 11) is 0. The molecule has 4 N–H and O–H groups in total. The number of benzene rings is 1. The second-order valence-corrected chi connectivity index (χ2v) is 4.35. The van der Waals surface area contributed by atoms with E-state index in [0.29, 0.717) is 6.54 Å². The number of nitrogens with one attached hydrogen (secondary N) is 2. The van der Waals surface area contributed by atoms with Crippen molar-refractivity contribution in [2.75, 3.05) is 13.1 Å². The lowest BCUT2D eigenvalue weighted by atomic mass is 10.00. The van der Waals surface area contributed by atoms with E-state index in [4.69, 9.17) is 5.73 Å². The van der Waals surface area contributed by atoms with Crippen molar-refractivity contribution in [2.24, 2.45) is 5.73 Å². The summed E-state index contributed by atoms with van der Waals surface area (Å²) >= 11 is 0. The molecule has 2 amide bonds. The monoisotopic (exact) mass is 235 g/mol. The zero-order chi connectivity index (χ0) is 12.8. The van der Waals surface area contributed by atoms with Crippen molar-refractivity contribution in [3.8, 4) is 0 Å². The number of primary amides is 1. The first-order chi connectivity index (χ1) is 8.00. The molecule has 0 aliphatic heterocycles. The van der Waals surface area contributed by atoms with E-state index in [0.717, 1.165) is 13.1 Å². The highest BCUT2D eigenvalue weighted by Crippen LogP contribution is 2.15. The Labute approximate surface area is 103 Å². The Morgan fingerprint density at radius 1 is 1.18 bits per heavy atom. The number of hydrogen-bond donors (Lipinski definition) is 3. The van der Waals surface area contributed by atoms with Crippen LogP contribution in [-0.2, 0) is 6.54 Å². The average Bonchev–Trinajstić information content (AvgIpc) is 2.20. The predicted molar refractivity (Wildman–Crippen MR) is 69.9 cm³/mol. The predicted octanol–water partition coefficient (Wildman–Crippen LogP) is 1.37. The van der Waals surface area contributed by atoms with Crippen LogP contribution in [0.15, 0.2) is 12.1 Å². The normalized spacial score (nSPS) is 10.3. The first-order valence-electron chi connectivity index (χ1n) is 5.81. The Hall–Kier alpha value is -1.55. The highest BCUT2D eigenvalue weighted by Gasteiger charge is 2.03. The van der Waals surface area contributed by atoms with Crippen LogP contribution in [0.1, 0.15) is 22.3 Å². The number of urea groups is 1. The molecule has 0 fully saturated rings. The van der Waals surface area contributed by atoms with Gasteiger partial charge in [0.25, 0.3) is 0 Å². The lowest BCUT2D eigenvalue weighted by Gasteiger charge is -2.12. The highest BCUT2D eigenvalue weighted by atomic mass is 16.2. The zero-order valence-corrected chi connectivity index (χ0v) is 10.8. The van der Waals surface area contributed by atoms with E-state index < -0.39 is 6.03 Å². The molecule has 0 atom stereocenters. The van der Waals surface area contributed by atoms with E-state index in [1.165, 1.54) is 22.3 Å². The molecule has 1 rings (SSSR count). The Kier molecular flexibility index (Phi) is 4.97. The first kappa shape index (κ1) is 13.5. The third-order valence-corrected chi connectivity index (χ3v) is 2.74. The molecule has 94 valence electrons. The van der Waals surface area contributed by atoms with Gasteiger partial charge in [0.05, 0.1) is 0 Å². The third kappa shape index (κ3) is 4.44. The van der Waals surface area contributed by atoms with E-state index in [9.17, 15) is 4.79 Å². The van der Waals surface area contributed by atoms with Gasteiger partial charge in [0.15, 0.2) is 0 Å². The largest absolute Gasteiger partial charge is 0.352 e. The number of carbonyl (C=O) groups is 1.